The van der Waals surface area contributed by atoms with Crippen LogP contribution < -0.4 is 5.73 Å². The van der Waals surface area contributed by atoms with Crippen molar-refractivity contribution >= 4 is 0 Å². The van der Waals surface area contributed by atoms with Gasteiger partial charge in [-0.2, -0.15) is 0 Å². The quantitative estimate of drug-likeness (QED) is 0.848. The predicted octanol–water partition coefficient (Wildman–Crippen LogP) is 2.87. The largest absolute Gasteiger partial charge is 0.376 e. The molecular weight excluding hydrogens is 198 g/mol. The molecule has 2 heteroatoms. The number of ether oxygens (including phenoxy) is 1. The first kappa shape index (κ1) is 11.6. The van der Waals surface area contributed by atoms with E-state index in [4.69, 9.17) is 10.5 Å². The molecule has 1 aromatic carbocycles. The first-order valence-electron chi connectivity index (χ1n) is 5.97. The van der Waals surface area contributed by atoms with E-state index in [0.717, 1.165) is 12.8 Å². The molecule has 1 aliphatic carbocycles. The van der Waals surface area contributed by atoms with Crippen LogP contribution in [0, 0.1) is 13.8 Å². The second-order valence-corrected chi connectivity index (χ2v) is 4.89. The Morgan fingerprint density at radius 3 is 2.50 bits per heavy atom. The summed E-state index contributed by atoms with van der Waals surface area (Å²) in [5.41, 5.74) is 10.1. The van der Waals surface area contributed by atoms with Gasteiger partial charge in [-0.1, -0.05) is 18.2 Å². The summed E-state index contributed by atoms with van der Waals surface area (Å²) in [5, 5.41) is 0. The first-order valence-corrected chi connectivity index (χ1v) is 5.97. The average Bonchev–Trinajstić information content (AvgIpc) is 2.21. The lowest BCUT2D eigenvalue weighted by Gasteiger charge is -2.45. The van der Waals surface area contributed by atoms with E-state index in [9.17, 15) is 0 Å². The number of aryl methyl sites for hydroxylation is 1. The normalized spacial score (nSPS) is 20.2. The maximum absolute atomic E-state index is 6.39. The molecule has 2 N–H and O–H groups in total. The summed E-state index contributed by atoms with van der Waals surface area (Å²) in [4.78, 5) is 0. The number of nitrogens with two attached hydrogens (primary N) is 1. The van der Waals surface area contributed by atoms with Crippen LogP contribution in [0.25, 0.3) is 0 Å². The van der Waals surface area contributed by atoms with Gasteiger partial charge in [0.1, 0.15) is 0 Å². The average molecular weight is 219 g/mol. The molecular formula is C14H21NO. The molecule has 88 valence electrons. The molecule has 1 aliphatic rings. The van der Waals surface area contributed by atoms with Crippen molar-refractivity contribution in [2.45, 2.75) is 44.8 Å². The first-order chi connectivity index (χ1) is 7.60. The van der Waals surface area contributed by atoms with E-state index in [1.165, 1.54) is 23.1 Å². The van der Waals surface area contributed by atoms with Gasteiger partial charge in [0.15, 0.2) is 0 Å². The molecule has 0 amide bonds. The minimum atomic E-state index is -0.113. The molecule has 0 heterocycles. The standard InChI is InChI=1S/C14H21NO/c1-10-6-4-7-12(11(10)2)13(15)14(16-3)8-5-9-14/h4,6-7,13H,5,8-9,15H2,1-3H3. The molecule has 16 heavy (non-hydrogen) atoms. The van der Waals surface area contributed by atoms with Crippen LogP contribution in [0.3, 0.4) is 0 Å². The number of methoxy groups -OCH3 is 1. The molecule has 1 unspecified atom stereocenters. The Morgan fingerprint density at radius 2 is 2.00 bits per heavy atom. The van der Waals surface area contributed by atoms with Crippen LogP contribution in [-0.2, 0) is 4.74 Å². The summed E-state index contributed by atoms with van der Waals surface area (Å²) in [7, 11) is 1.78. The molecule has 1 saturated carbocycles. The van der Waals surface area contributed by atoms with Crippen LogP contribution >= 0.6 is 0 Å². The van der Waals surface area contributed by atoms with Crippen molar-refractivity contribution in [1.82, 2.24) is 0 Å². The fraction of sp³-hybridized carbons (Fsp3) is 0.571. The third-order valence-electron chi connectivity index (χ3n) is 4.15. The van der Waals surface area contributed by atoms with E-state index in [0.29, 0.717) is 0 Å². The zero-order valence-corrected chi connectivity index (χ0v) is 10.4. The van der Waals surface area contributed by atoms with Crippen molar-refractivity contribution in [1.29, 1.82) is 0 Å². The zero-order valence-electron chi connectivity index (χ0n) is 10.4. The zero-order chi connectivity index (χ0) is 11.8. The van der Waals surface area contributed by atoms with Gasteiger partial charge in [0.05, 0.1) is 11.6 Å². The lowest BCUT2D eigenvalue weighted by Crippen LogP contribution is -2.48. The Bertz CT molecular complexity index is 377. The molecule has 0 saturated heterocycles. The van der Waals surface area contributed by atoms with Crippen LogP contribution in [0.15, 0.2) is 18.2 Å². The molecule has 0 aromatic heterocycles. The highest BCUT2D eigenvalue weighted by atomic mass is 16.5. The molecule has 0 radical (unpaired) electrons. The maximum Gasteiger partial charge on any atom is 0.0870 e. The van der Waals surface area contributed by atoms with E-state index >= 15 is 0 Å². The van der Waals surface area contributed by atoms with Crippen molar-refractivity contribution in [3.63, 3.8) is 0 Å². The lowest BCUT2D eigenvalue weighted by molar-refractivity contribution is -0.0912. The smallest absolute Gasteiger partial charge is 0.0870 e. The highest BCUT2D eigenvalue weighted by Gasteiger charge is 2.43. The minimum Gasteiger partial charge on any atom is -0.376 e. The van der Waals surface area contributed by atoms with E-state index in [1.807, 2.05) is 0 Å². The van der Waals surface area contributed by atoms with E-state index in [-0.39, 0.29) is 11.6 Å². The Hall–Kier alpha value is -0.860. The van der Waals surface area contributed by atoms with Crippen molar-refractivity contribution < 1.29 is 4.74 Å². The van der Waals surface area contributed by atoms with E-state index in [2.05, 4.69) is 32.0 Å². The summed E-state index contributed by atoms with van der Waals surface area (Å²) in [6.45, 7) is 4.28. The van der Waals surface area contributed by atoms with E-state index in [1.54, 1.807) is 7.11 Å². The van der Waals surface area contributed by atoms with Gasteiger partial charge < -0.3 is 10.5 Å². The van der Waals surface area contributed by atoms with Crippen LogP contribution in [0.2, 0.25) is 0 Å². The van der Waals surface area contributed by atoms with Crippen molar-refractivity contribution in [2.24, 2.45) is 5.73 Å². The second kappa shape index (κ2) is 4.19. The minimum absolute atomic E-state index is 0.00569. The van der Waals surface area contributed by atoms with Crippen molar-refractivity contribution in [3.8, 4) is 0 Å². The van der Waals surface area contributed by atoms with Gasteiger partial charge in [-0.15, -0.1) is 0 Å². The summed E-state index contributed by atoms with van der Waals surface area (Å²) in [6.07, 6.45) is 3.39. The molecule has 0 spiro atoms. The lowest BCUT2D eigenvalue weighted by atomic mass is 9.71. The summed E-state index contributed by atoms with van der Waals surface area (Å²) >= 11 is 0. The molecule has 2 rings (SSSR count). The number of hydrogen-bond donors (Lipinski definition) is 1. The number of hydrogen-bond acceptors (Lipinski definition) is 2. The Kier molecular flexibility index (Phi) is 3.04. The number of rotatable bonds is 3. The van der Waals surface area contributed by atoms with Crippen molar-refractivity contribution in [3.05, 3.63) is 34.9 Å². The molecule has 0 bridgehead atoms. The predicted molar refractivity (Wildman–Crippen MR) is 66.4 cm³/mol. The third kappa shape index (κ3) is 1.66. The van der Waals surface area contributed by atoms with Crippen LogP contribution in [0.5, 0.6) is 0 Å². The SMILES string of the molecule is COC1(C(N)c2cccc(C)c2C)CCC1. The maximum atomic E-state index is 6.39. The monoisotopic (exact) mass is 219 g/mol. The fourth-order valence-electron chi connectivity index (χ4n) is 2.56. The molecule has 0 aliphatic heterocycles. The highest BCUT2D eigenvalue weighted by molar-refractivity contribution is 5.37. The van der Waals surface area contributed by atoms with Crippen LogP contribution in [-0.4, -0.2) is 12.7 Å². The highest BCUT2D eigenvalue weighted by Crippen LogP contribution is 2.44. The van der Waals surface area contributed by atoms with E-state index < -0.39 is 0 Å². The molecule has 2 nitrogen and oxygen atoms in total. The molecule has 1 aromatic rings. The summed E-state index contributed by atoms with van der Waals surface area (Å²) < 4.78 is 5.66. The van der Waals surface area contributed by atoms with Gasteiger partial charge in [-0.05, 0) is 49.8 Å². The Labute approximate surface area is 97.8 Å². The van der Waals surface area contributed by atoms with Gasteiger partial charge >= 0.3 is 0 Å². The summed E-state index contributed by atoms with van der Waals surface area (Å²) in [5.74, 6) is 0. The molecule has 1 atom stereocenters. The van der Waals surface area contributed by atoms with Gasteiger partial charge in [0.2, 0.25) is 0 Å². The Balaban J connectivity index is 2.33. The van der Waals surface area contributed by atoms with Gasteiger partial charge in [0.25, 0.3) is 0 Å². The van der Waals surface area contributed by atoms with Crippen LogP contribution in [0.4, 0.5) is 0 Å². The number of benzene rings is 1. The summed E-state index contributed by atoms with van der Waals surface area (Å²) in [6, 6.07) is 6.35. The van der Waals surface area contributed by atoms with Gasteiger partial charge in [0, 0.05) is 7.11 Å². The second-order valence-electron chi connectivity index (χ2n) is 4.89. The Morgan fingerprint density at radius 1 is 1.31 bits per heavy atom. The molecule has 1 fully saturated rings. The van der Waals surface area contributed by atoms with Gasteiger partial charge in [-0.3, -0.25) is 0 Å². The fourth-order valence-corrected chi connectivity index (χ4v) is 2.56. The van der Waals surface area contributed by atoms with Crippen molar-refractivity contribution in [2.75, 3.05) is 7.11 Å². The van der Waals surface area contributed by atoms with Crippen LogP contribution in [0.1, 0.15) is 42.0 Å². The topological polar surface area (TPSA) is 35.2 Å². The van der Waals surface area contributed by atoms with Gasteiger partial charge in [-0.25, -0.2) is 0 Å². The third-order valence-corrected chi connectivity index (χ3v) is 4.15.